The standard InChI is InChI=1S/C20H27N3O4/c1-14(2)11-23(12-15(3)4)19(25)13-27-20(26)16-5-7-17(8-6-16)22-18(24)9-10-21/h5-8,14-15H,9,11-13H2,1-4H3,(H,22,24). The number of ether oxygens (including phenoxy) is 1. The zero-order chi connectivity index (χ0) is 20.4. The normalized spacial score (nSPS) is 10.4. The van der Waals surface area contributed by atoms with E-state index in [1.165, 1.54) is 24.3 Å². The third-order valence-corrected chi connectivity index (χ3v) is 3.49. The van der Waals surface area contributed by atoms with E-state index in [9.17, 15) is 14.4 Å². The Morgan fingerprint density at radius 1 is 1.07 bits per heavy atom. The molecule has 0 saturated heterocycles. The molecule has 1 aromatic carbocycles. The molecule has 0 unspecified atom stereocenters. The lowest BCUT2D eigenvalue weighted by Crippen LogP contribution is -2.39. The van der Waals surface area contributed by atoms with Crippen molar-refractivity contribution in [3.8, 4) is 6.07 Å². The molecular formula is C20H27N3O4. The number of benzene rings is 1. The van der Waals surface area contributed by atoms with Crippen LogP contribution in [0.3, 0.4) is 0 Å². The number of rotatable bonds is 9. The summed E-state index contributed by atoms with van der Waals surface area (Å²) in [6.45, 7) is 9.05. The Balaban J connectivity index is 2.61. The summed E-state index contributed by atoms with van der Waals surface area (Å²) in [7, 11) is 0. The summed E-state index contributed by atoms with van der Waals surface area (Å²) in [6, 6.07) is 7.82. The molecule has 1 aromatic rings. The third-order valence-electron chi connectivity index (χ3n) is 3.49. The van der Waals surface area contributed by atoms with Gasteiger partial charge in [0, 0.05) is 18.8 Å². The van der Waals surface area contributed by atoms with Gasteiger partial charge in [0.05, 0.1) is 11.6 Å². The number of esters is 1. The van der Waals surface area contributed by atoms with Crippen molar-refractivity contribution >= 4 is 23.5 Å². The van der Waals surface area contributed by atoms with E-state index in [0.717, 1.165) is 0 Å². The van der Waals surface area contributed by atoms with Crippen LogP contribution in [0.25, 0.3) is 0 Å². The number of carbonyl (C=O) groups excluding carboxylic acids is 3. The predicted octanol–water partition coefficient (Wildman–Crippen LogP) is 2.84. The SMILES string of the molecule is CC(C)CN(CC(C)C)C(=O)COC(=O)c1ccc(NC(=O)CC#N)cc1. The van der Waals surface area contributed by atoms with Crippen LogP contribution in [-0.4, -0.2) is 42.4 Å². The van der Waals surface area contributed by atoms with Gasteiger partial charge in [-0.3, -0.25) is 9.59 Å². The number of hydrogen-bond donors (Lipinski definition) is 1. The van der Waals surface area contributed by atoms with E-state index in [2.05, 4.69) is 5.32 Å². The molecule has 7 nitrogen and oxygen atoms in total. The lowest BCUT2D eigenvalue weighted by molar-refractivity contribution is -0.135. The Kier molecular flexibility index (Phi) is 9.00. The lowest BCUT2D eigenvalue weighted by atomic mass is 10.1. The van der Waals surface area contributed by atoms with Gasteiger partial charge in [0.15, 0.2) is 6.61 Å². The van der Waals surface area contributed by atoms with Crippen molar-refractivity contribution in [3.63, 3.8) is 0 Å². The molecule has 0 radical (unpaired) electrons. The summed E-state index contributed by atoms with van der Waals surface area (Å²) < 4.78 is 5.13. The van der Waals surface area contributed by atoms with Crippen LogP contribution in [0.2, 0.25) is 0 Å². The van der Waals surface area contributed by atoms with Gasteiger partial charge in [0.1, 0.15) is 6.42 Å². The van der Waals surface area contributed by atoms with Gasteiger partial charge >= 0.3 is 5.97 Å². The van der Waals surface area contributed by atoms with Crippen molar-refractivity contribution in [2.75, 3.05) is 25.0 Å². The topological polar surface area (TPSA) is 99.5 Å². The second-order valence-corrected chi connectivity index (χ2v) is 7.12. The number of hydrogen-bond acceptors (Lipinski definition) is 5. The molecule has 1 rings (SSSR count). The maximum atomic E-state index is 12.4. The first kappa shape index (κ1) is 22.2. The molecule has 0 atom stereocenters. The van der Waals surface area contributed by atoms with E-state index in [4.69, 9.17) is 10.00 Å². The molecule has 2 amide bonds. The van der Waals surface area contributed by atoms with Gasteiger partial charge in [-0.05, 0) is 36.1 Å². The van der Waals surface area contributed by atoms with Crippen molar-refractivity contribution in [2.24, 2.45) is 11.8 Å². The smallest absolute Gasteiger partial charge is 0.338 e. The molecule has 0 saturated carbocycles. The van der Waals surface area contributed by atoms with Crippen LogP contribution in [-0.2, 0) is 14.3 Å². The van der Waals surface area contributed by atoms with Crippen molar-refractivity contribution in [1.29, 1.82) is 5.26 Å². The highest BCUT2D eigenvalue weighted by Crippen LogP contribution is 2.11. The zero-order valence-electron chi connectivity index (χ0n) is 16.3. The minimum Gasteiger partial charge on any atom is -0.452 e. The van der Waals surface area contributed by atoms with E-state index in [0.29, 0.717) is 30.6 Å². The van der Waals surface area contributed by atoms with E-state index in [1.54, 1.807) is 11.0 Å². The average molecular weight is 373 g/mol. The minimum atomic E-state index is -0.604. The monoisotopic (exact) mass is 373 g/mol. The number of nitrogens with one attached hydrogen (secondary N) is 1. The van der Waals surface area contributed by atoms with Crippen molar-refractivity contribution in [1.82, 2.24) is 4.90 Å². The molecule has 1 N–H and O–H groups in total. The number of anilines is 1. The highest BCUT2D eigenvalue weighted by Gasteiger charge is 2.18. The lowest BCUT2D eigenvalue weighted by Gasteiger charge is -2.26. The Bertz CT molecular complexity index is 680. The summed E-state index contributed by atoms with van der Waals surface area (Å²) >= 11 is 0. The molecular weight excluding hydrogens is 346 g/mol. The number of nitrogens with zero attached hydrogens (tertiary/aromatic N) is 2. The zero-order valence-corrected chi connectivity index (χ0v) is 16.3. The summed E-state index contributed by atoms with van der Waals surface area (Å²) in [5.74, 6) is -0.591. The van der Waals surface area contributed by atoms with E-state index >= 15 is 0 Å². The highest BCUT2D eigenvalue weighted by molar-refractivity contribution is 5.94. The van der Waals surface area contributed by atoms with Gasteiger partial charge in [-0.15, -0.1) is 0 Å². The van der Waals surface area contributed by atoms with Crippen LogP contribution >= 0.6 is 0 Å². The molecule has 0 fully saturated rings. The molecule has 27 heavy (non-hydrogen) atoms. The fourth-order valence-electron chi connectivity index (χ4n) is 2.43. The van der Waals surface area contributed by atoms with E-state index in [1.807, 2.05) is 27.7 Å². The summed E-state index contributed by atoms with van der Waals surface area (Å²) in [4.78, 5) is 37.6. The first-order valence-electron chi connectivity index (χ1n) is 8.94. The number of carbonyl (C=O) groups is 3. The fraction of sp³-hybridized carbons (Fsp3) is 0.500. The predicted molar refractivity (Wildman–Crippen MR) is 102 cm³/mol. The van der Waals surface area contributed by atoms with Crippen LogP contribution in [0, 0.1) is 23.2 Å². The Labute approximate surface area is 160 Å². The highest BCUT2D eigenvalue weighted by atomic mass is 16.5. The second-order valence-electron chi connectivity index (χ2n) is 7.12. The number of nitriles is 1. The van der Waals surface area contributed by atoms with Crippen LogP contribution in [0.15, 0.2) is 24.3 Å². The Morgan fingerprint density at radius 3 is 2.11 bits per heavy atom. The number of amides is 2. The molecule has 7 heteroatoms. The van der Waals surface area contributed by atoms with Crippen molar-refractivity contribution in [2.45, 2.75) is 34.1 Å². The van der Waals surface area contributed by atoms with Gasteiger partial charge in [0.2, 0.25) is 5.91 Å². The molecule has 0 aliphatic rings. The first-order valence-corrected chi connectivity index (χ1v) is 8.94. The first-order chi connectivity index (χ1) is 12.7. The van der Waals surface area contributed by atoms with Gasteiger partial charge in [-0.25, -0.2) is 4.79 Å². The molecule has 0 aliphatic carbocycles. The van der Waals surface area contributed by atoms with Crippen LogP contribution in [0.4, 0.5) is 5.69 Å². The van der Waals surface area contributed by atoms with Gasteiger partial charge < -0.3 is 15.0 Å². The van der Waals surface area contributed by atoms with Crippen LogP contribution < -0.4 is 5.32 Å². The molecule has 0 spiro atoms. The van der Waals surface area contributed by atoms with E-state index in [-0.39, 0.29) is 24.5 Å². The quantitative estimate of drug-likeness (QED) is 0.671. The van der Waals surface area contributed by atoms with Crippen LogP contribution in [0.5, 0.6) is 0 Å². The largest absolute Gasteiger partial charge is 0.452 e. The van der Waals surface area contributed by atoms with Gasteiger partial charge in [-0.1, -0.05) is 27.7 Å². The Hall–Kier alpha value is -2.88. The third kappa shape index (κ3) is 8.36. The summed E-state index contributed by atoms with van der Waals surface area (Å²) in [6.07, 6.45) is -0.241. The molecule has 0 heterocycles. The maximum Gasteiger partial charge on any atom is 0.338 e. The van der Waals surface area contributed by atoms with Gasteiger partial charge in [-0.2, -0.15) is 5.26 Å². The van der Waals surface area contributed by atoms with Crippen molar-refractivity contribution < 1.29 is 19.1 Å². The molecule has 0 aromatic heterocycles. The minimum absolute atomic E-state index is 0.217. The van der Waals surface area contributed by atoms with E-state index < -0.39 is 11.9 Å². The average Bonchev–Trinajstić information content (AvgIpc) is 2.58. The maximum absolute atomic E-state index is 12.4. The Morgan fingerprint density at radius 2 is 1.63 bits per heavy atom. The molecule has 146 valence electrons. The van der Waals surface area contributed by atoms with Crippen LogP contribution in [0.1, 0.15) is 44.5 Å². The van der Waals surface area contributed by atoms with Crippen molar-refractivity contribution in [3.05, 3.63) is 29.8 Å². The molecule has 0 bridgehead atoms. The second kappa shape index (κ2) is 11.0. The molecule has 0 aliphatic heterocycles. The van der Waals surface area contributed by atoms with Gasteiger partial charge in [0.25, 0.3) is 5.91 Å². The summed E-state index contributed by atoms with van der Waals surface area (Å²) in [5, 5.41) is 11.0. The summed E-state index contributed by atoms with van der Waals surface area (Å²) in [5.41, 5.74) is 0.753. The fourth-order valence-corrected chi connectivity index (χ4v) is 2.43.